The smallest absolute Gasteiger partial charge is 0.325 e. The molecule has 1 saturated carbocycles. The number of unbranched alkanes of at least 4 members (excludes halogenated alkanes) is 4. The first-order valence-corrected chi connectivity index (χ1v) is 53.7. The fourth-order valence-electron chi connectivity index (χ4n) is 20.4. The molecule has 27 nitrogen and oxygen atoms in total. The zero-order valence-corrected chi connectivity index (χ0v) is 88.3. The van der Waals surface area contributed by atoms with Crippen molar-refractivity contribution >= 4 is 46.6 Å². The van der Waals surface area contributed by atoms with E-state index in [0.717, 1.165) is 271 Å². The predicted molar refractivity (Wildman–Crippen MR) is 562 cm³/mol. The van der Waals surface area contributed by atoms with Gasteiger partial charge in [-0.25, -0.2) is 33.1 Å². The molecule has 4 aromatic heterocycles. The van der Waals surface area contributed by atoms with Crippen molar-refractivity contribution in [3.63, 3.8) is 0 Å². The second kappa shape index (κ2) is 55.0. The second-order valence-corrected chi connectivity index (χ2v) is 42.3. The fraction of sp³-hybridized carbons (Fsp3) is 0.586. The van der Waals surface area contributed by atoms with Gasteiger partial charge >= 0.3 is 5.97 Å². The van der Waals surface area contributed by atoms with E-state index in [-0.39, 0.29) is 82.6 Å². The van der Waals surface area contributed by atoms with E-state index in [4.69, 9.17) is 57.3 Å². The molecular formula is C116H159F3N12O15. The van der Waals surface area contributed by atoms with E-state index in [1.165, 1.54) is 60.4 Å². The highest BCUT2D eigenvalue weighted by molar-refractivity contribution is 5.85. The molecule has 0 amide bonds. The summed E-state index contributed by atoms with van der Waals surface area (Å²) in [4.78, 5) is 77.9. The summed E-state index contributed by atoms with van der Waals surface area (Å²) in [5.41, 5.74) is 14.2. The number of aromatic nitrogens is 4. The summed E-state index contributed by atoms with van der Waals surface area (Å²) in [5, 5.41) is 23.6. The van der Waals surface area contributed by atoms with Gasteiger partial charge in [-0.15, -0.1) is 0 Å². The molecule has 5 fully saturated rings. The Bertz CT molecular complexity index is 5250. The third-order valence-electron chi connectivity index (χ3n) is 28.5. The van der Waals surface area contributed by atoms with Crippen molar-refractivity contribution in [2.24, 2.45) is 0 Å². The average Bonchev–Trinajstić information content (AvgIpc) is 1.53. The van der Waals surface area contributed by atoms with Gasteiger partial charge in [0, 0.05) is 115 Å². The number of ether oxygens (including phenoxy) is 10. The maximum absolute atomic E-state index is 14.3. The van der Waals surface area contributed by atoms with Crippen LogP contribution >= 0.6 is 0 Å². The highest BCUT2D eigenvalue weighted by atomic mass is 19.1. The SMILES string of the molecule is CC(=O)[C@@H](c1cc(F)ccc1COC(C)C)N1CC[C@@H](OCCCCc2ccc3c(n2)NCCO3)C1.CC(=O)[C@@H](c1cc(F)ccc1COC1(C)CC1)N1CC[C@@H](OCCCCc2ccc3c(n2)NCCC3)C1.CC(=O)[C@H](c1cc(F)ccc1COC(C)C)N1CC[C@@H](OCCCCc2ccc3c(n2)NCCO3)C1.Cc1ccc(COC(C)(C)C)c(C(C(=O)O)N2CC[C@@H](OCCCCc3ccc4c(n3)NCCC4)C2)c1. The average molecular weight is 2020 g/mol. The van der Waals surface area contributed by atoms with Gasteiger partial charge in [0.05, 0.1) is 105 Å². The van der Waals surface area contributed by atoms with Gasteiger partial charge in [-0.3, -0.25) is 38.8 Å². The minimum Gasteiger partial charge on any atom is -0.488 e. The number of ketones is 3. The third kappa shape index (κ3) is 33.8. The number of pyridine rings is 4. The number of carboxylic acid groups (broad SMARTS) is 1. The van der Waals surface area contributed by atoms with Crippen LogP contribution in [0.2, 0.25) is 0 Å². The number of benzene rings is 4. The maximum Gasteiger partial charge on any atom is 0.325 e. The van der Waals surface area contributed by atoms with Gasteiger partial charge in [0.1, 0.15) is 48.3 Å². The van der Waals surface area contributed by atoms with Crippen molar-refractivity contribution in [3.8, 4) is 11.5 Å². The summed E-state index contributed by atoms with van der Waals surface area (Å²) < 4.78 is 102. The zero-order chi connectivity index (χ0) is 103. The number of fused-ring (bicyclic) bond motifs is 4. The van der Waals surface area contributed by atoms with Gasteiger partial charge in [-0.2, -0.15) is 0 Å². The van der Waals surface area contributed by atoms with Gasteiger partial charge in [-0.1, -0.05) is 54.1 Å². The van der Waals surface area contributed by atoms with Crippen LogP contribution in [0.4, 0.5) is 36.4 Å². The molecule has 4 saturated heterocycles. The Balaban J connectivity index is 0.000000154. The molecule has 12 heterocycles. The van der Waals surface area contributed by atoms with E-state index in [1.54, 1.807) is 39.0 Å². The van der Waals surface area contributed by atoms with Crippen molar-refractivity contribution in [3.05, 3.63) is 223 Å². The molecule has 8 aliphatic heterocycles. The number of nitrogens with zero attached hydrogens (tertiary/aromatic N) is 8. The van der Waals surface area contributed by atoms with Gasteiger partial charge in [0.2, 0.25) is 0 Å². The Hall–Kier alpha value is -9.93. The van der Waals surface area contributed by atoms with Crippen LogP contribution in [0, 0.1) is 24.4 Å². The van der Waals surface area contributed by atoms with Gasteiger partial charge in [0.15, 0.2) is 40.5 Å². The maximum atomic E-state index is 14.3. The number of aryl methyl sites for hydroxylation is 7. The van der Waals surface area contributed by atoms with Crippen LogP contribution in [0.1, 0.15) is 287 Å². The normalized spacial score (nSPS) is 19.3. The number of halogens is 3. The lowest BCUT2D eigenvalue weighted by Gasteiger charge is -2.28. The first kappa shape index (κ1) is 112. The first-order chi connectivity index (χ1) is 70.4. The van der Waals surface area contributed by atoms with Crippen molar-refractivity contribution in [1.29, 1.82) is 0 Å². The molecule has 17 rings (SSSR count). The number of likely N-dealkylation sites (tertiary alicyclic amines) is 4. The second-order valence-electron chi connectivity index (χ2n) is 42.3. The Labute approximate surface area is 862 Å². The number of anilines is 4. The zero-order valence-electron chi connectivity index (χ0n) is 88.3. The van der Waals surface area contributed by atoms with Crippen LogP contribution in [-0.4, -0.2) is 234 Å². The molecule has 0 bridgehead atoms. The first-order valence-electron chi connectivity index (χ1n) is 53.7. The van der Waals surface area contributed by atoms with E-state index in [2.05, 4.69) is 77.1 Å². The predicted octanol–water partition coefficient (Wildman–Crippen LogP) is 20.1. The van der Waals surface area contributed by atoms with E-state index in [1.807, 2.05) is 103 Å². The van der Waals surface area contributed by atoms with E-state index < -0.39 is 30.1 Å². The minimum absolute atomic E-state index is 0.00415. The van der Waals surface area contributed by atoms with Gasteiger partial charge < -0.3 is 73.7 Å². The Morgan fingerprint density at radius 3 is 1.12 bits per heavy atom. The topological polar surface area (TPSA) is 293 Å². The highest BCUT2D eigenvalue weighted by Crippen LogP contribution is 2.42. The number of nitrogens with one attached hydrogen (secondary N) is 4. The van der Waals surface area contributed by atoms with Crippen LogP contribution in [0.5, 0.6) is 11.5 Å². The molecule has 30 heteroatoms. The summed E-state index contributed by atoms with van der Waals surface area (Å²) in [5.74, 6) is 3.63. The molecule has 0 spiro atoms. The number of carboxylic acids is 1. The van der Waals surface area contributed by atoms with Crippen LogP contribution in [0.15, 0.2) is 121 Å². The number of aliphatic carboxylic acids is 1. The Morgan fingerprint density at radius 1 is 0.432 bits per heavy atom. The summed E-state index contributed by atoms with van der Waals surface area (Å²) >= 11 is 0. The fourth-order valence-corrected chi connectivity index (χ4v) is 20.4. The van der Waals surface area contributed by atoms with Crippen LogP contribution in [-0.2, 0) is 122 Å². The van der Waals surface area contributed by atoms with Crippen molar-refractivity contribution < 1.29 is 84.8 Å². The van der Waals surface area contributed by atoms with Crippen LogP contribution in [0.25, 0.3) is 0 Å². The Morgan fingerprint density at radius 2 is 0.767 bits per heavy atom. The van der Waals surface area contributed by atoms with Gasteiger partial charge in [0.25, 0.3) is 0 Å². The molecule has 5 N–H and O–H groups in total. The minimum atomic E-state index is -0.824. The molecule has 146 heavy (non-hydrogen) atoms. The molecule has 794 valence electrons. The van der Waals surface area contributed by atoms with E-state index in [9.17, 15) is 37.5 Å². The largest absolute Gasteiger partial charge is 0.488 e. The van der Waals surface area contributed by atoms with Gasteiger partial charge in [-0.05, 0) is 353 Å². The van der Waals surface area contributed by atoms with E-state index in [0.29, 0.717) is 110 Å². The molecule has 8 aromatic rings. The van der Waals surface area contributed by atoms with Crippen molar-refractivity contribution in [1.82, 2.24) is 39.5 Å². The summed E-state index contributed by atoms with van der Waals surface area (Å²) in [7, 11) is 0. The van der Waals surface area contributed by atoms with Crippen molar-refractivity contribution in [2.75, 3.05) is 139 Å². The number of hydrogen-bond acceptors (Lipinski definition) is 26. The quantitative estimate of drug-likeness (QED) is 0.0221. The lowest BCUT2D eigenvalue weighted by molar-refractivity contribution is -0.143. The molecule has 8 atom stereocenters. The number of rotatable bonds is 47. The summed E-state index contributed by atoms with van der Waals surface area (Å²) in [6.07, 6.45) is 22.0. The standard InChI is InChI=1S/C30H40FN3O3.C30H43N3O4.2C28H38FN3O4/c1-21(35)28(27-18-24(31)10-8-23(27)20-37-30(2)13-14-30)34-16-12-26(19-34)36-17-4-3-7-25-11-9-22-6-5-15-32-29(22)33-25;1-21-10-11-23(20-37-30(2,3)4)26(18-21)27(29(34)35)33-16-14-25(19-33)36-17-6-5-9-24-13-12-22-8-7-15-31-28(22)32-24;2*1-19(2)36-18-21-7-8-22(29)16-25(21)27(20(3)33)32-13-11-24(17-32)34-14-5-4-6-23-9-10-26-28(31-23)30-12-15-35-26/h8-11,18,26,28H,3-7,12-17,19-20H2,1-2H3,(H,32,33);10-13,18,25,27H,5-9,14-17,19-20H2,1-4H3,(H,31,32)(H,34,35);2*7-10,16,19,24,27H,4-6,11-15,17-18H2,1-3H3,(H,30,31)/t26-,28+;25-,27?;24-,27+;24-,27-/m1111/s1. The number of Topliss-reactive ketones (excluding diaryl/α,β-unsaturated/α-hetero) is 3. The number of carbonyl (C=O) groups excluding carboxylic acids is 3. The van der Waals surface area contributed by atoms with Crippen LogP contribution in [0.3, 0.4) is 0 Å². The molecule has 1 unspecified atom stereocenters. The summed E-state index contributed by atoms with van der Waals surface area (Å²) in [6, 6.07) is 34.6. The summed E-state index contributed by atoms with van der Waals surface area (Å²) in [6.45, 7) is 37.5. The monoisotopic (exact) mass is 2020 g/mol. The van der Waals surface area contributed by atoms with E-state index >= 15 is 0 Å². The van der Waals surface area contributed by atoms with Crippen LogP contribution < -0.4 is 30.7 Å². The molecule has 1 aliphatic carbocycles. The number of hydrogen-bond donors (Lipinski definition) is 5. The lowest BCUT2D eigenvalue weighted by Crippen LogP contribution is -2.34. The lowest BCUT2D eigenvalue weighted by atomic mass is 9.96. The third-order valence-corrected chi connectivity index (χ3v) is 28.5. The molecule has 4 aromatic carbocycles. The van der Waals surface area contributed by atoms with Crippen molar-refractivity contribution in [2.45, 2.75) is 323 Å². The molecular weight excluding hydrogens is 1860 g/mol. The molecule has 9 aliphatic rings. The highest BCUT2D eigenvalue weighted by Gasteiger charge is 2.42. The molecule has 0 radical (unpaired) electrons. The number of carbonyl (C=O) groups is 4. The Kier molecular flexibility index (Phi) is 42.1.